The maximum absolute atomic E-state index is 2.60. The first kappa shape index (κ1) is 14.1. The van der Waals surface area contributed by atoms with Crippen LogP contribution in [0, 0.1) is 5.41 Å². The Kier molecular flexibility index (Phi) is 3.63. The second-order valence-corrected chi connectivity index (χ2v) is 8.96. The van der Waals surface area contributed by atoms with E-state index in [0.717, 1.165) is 6.54 Å². The Morgan fingerprint density at radius 3 is 2.39 bits per heavy atom. The van der Waals surface area contributed by atoms with Crippen LogP contribution >= 0.6 is 11.3 Å². The monoisotopic (exact) mass is 265 g/mol. The Morgan fingerprint density at radius 1 is 1.17 bits per heavy atom. The molecule has 0 saturated carbocycles. The molecule has 0 aliphatic carbocycles. The van der Waals surface area contributed by atoms with Crippen LogP contribution in [0.5, 0.6) is 0 Å². The zero-order valence-electron chi connectivity index (χ0n) is 12.8. The summed E-state index contributed by atoms with van der Waals surface area (Å²) in [5.74, 6) is 0. The number of hydrogen-bond donors (Lipinski definition) is 0. The highest BCUT2D eigenvalue weighted by atomic mass is 32.1. The van der Waals surface area contributed by atoms with Crippen LogP contribution in [0.3, 0.4) is 0 Å². The maximum atomic E-state index is 2.60. The molecule has 2 rings (SSSR count). The lowest BCUT2D eigenvalue weighted by Gasteiger charge is -2.38. The smallest absolute Gasteiger partial charge is 0.0250 e. The highest BCUT2D eigenvalue weighted by molar-refractivity contribution is 7.12. The summed E-state index contributed by atoms with van der Waals surface area (Å²) in [6.07, 6.45) is 2.45. The van der Waals surface area contributed by atoms with Crippen LogP contribution < -0.4 is 0 Å². The van der Waals surface area contributed by atoms with Crippen LogP contribution in [-0.2, 0) is 19.4 Å². The van der Waals surface area contributed by atoms with Crippen LogP contribution in [0.1, 0.15) is 56.9 Å². The van der Waals surface area contributed by atoms with Gasteiger partial charge in [-0.05, 0) is 50.7 Å². The van der Waals surface area contributed by atoms with Crippen LogP contribution in [0.4, 0.5) is 0 Å². The van der Waals surface area contributed by atoms with Gasteiger partial charge in [-0.15, -0.1) is 11.3 Å². The fourth-order valence-electron chi connectivity index (χ4n) is 2.58. The molecule has 0 bridgehead atoms. The predicted molar refractivity (Wildman–Crippen MR) is 81.3 cm³/mol. The van der Waals surface area contributed by atoms with Crippen molar-refractivity contribution < 1.29 is 0 Å². The van der Waals surface area contributed by atoms with E-state index >= 15 is 0 Å². The van der Waals surface area contributed by atoms with E-state index in [1.807, 2.05) is 11.3 Å². The molecule has 0 atom stereocenters. The van der Waals surface area contributed by atoms with Gasteiger partial charge in [-0.25, -0.2) is 0 Å². The molecular formula is C16H27NS. The van der Waals surface area contributed by atoms with Gasteiger partial charge in [0.15, 0.2) is 0 Å². The molecule has 2 heterocycles. The summed E-state index contributed by atoms with van der Waals surface area (Å²) in [6.45, 7) is 16.3. The molecule has 2 heteroatoms. The lowest BCUT2D eigenvalue weighted by molar-refractivity contribution is 0.122. The first-order valence-corrected chi connectivity index (χ1v) is 7.82. The summed E-state index contributed by atoms with van der Waals surface area (Å²) in [7, 11) is 0. The number of fused-ring (bicyclic) bond motifs is 1. The summed E-state index contributed by atoms with van der Waals surface area (Å²) in [5, 5.41) is 0. The average Bonchev–Trinajstić information content (AvgIpc) is 2.53. The molecule has 0 aromatic carbocycles. The van der Waals surface area contributed by atoms with E-state index in [-0.39, 0.29) is 0 Å². The van der Waals surface area contributed by atoms with Crippen molar-refractivity contribution in [1.29, 1.82) is 0 Å². The van der Waals surface area contributed by atoms with Crippen LogP contribution in [-0.4, -0.2) is 17.0 Å². The topological polar surface area (TPSA) is 3.24 Å². The molecule has 1 nitrogen and oxygen atoms in total. The molecule has 1 aromatic rings. The van der Waals surface area contributed by atoms with E-state index in [9.17, 15) is 0 Å². The van der Waals surface area contributed by atoms with Crippen molar-refractivity contribution in [3.8, 4) is 0 Å². The highest BCUT2D eigenvalue weighted by Gasteiger charge is 2.27. The van der Waals surface area contributed by atoms with Crippen molar-refractivity contribution >= 4 is 11.3 Å². The van der Waals surface area contributed by atoms with E-state index in [1.165, 1.54) is 19.4 Å². The Bertz CT molecular complexity index is 417. The quantitative estimate of drug-likeness (QED) is 0.723. The highest BCUT2D eigenvalue weighted by Crippen LogP contribution is 2.34. The minimum Gasteiger partial charge on any atom is -0.294 e. The summed E-state index contributed by atoms with van der Waals surface area (Å²) in [6, 6.07) is 2.46. The molecule has 0 unspecified atom stereocenters. The van der Waals surface area contributed by atoms with Crippen molar-refractivity contribution in [2.75, 3.05) is 6.54 Å². The van der Waals surface area contributed by atoms with Gasteiger partial charge in [0.1, 0.15) is 0 Å². The molecular weight excluding hydrogens is 238 g/mol. The summed E-state index contributed by atoms with van der Waals surface area (Å²) >= 11 is 2.05. The van der Waals surface area contributed by atoms with E-state index < -0.39 is 0 Å². The summed E-state index contributed by atoms with van der Waals surface area (Å²) in [5.41, 5.74) is 2.28. The Labute approximate surface area is 116 Å². The van der Waals surface area contributed by atoms with Crippen molar-refractivity contribution in [1.82, 2.24) is 4.90 Å². The van der Waals surface area contributed by atoms with Crippen LogP contribution in [0.15, 0.2) is 6.07 Å². The third-order valence-electron chi connectivity index (χ3n) is 3.57. The summed E-state index contributed by atoms with van der Waals surface area (Å²) < 4.78 is 0. The zero-order chi connectivity index (χ0) is 13.6. The van der Waals surface area contributed by atoms with E-state index in [2.05, 4.69) is 52.5 Å². The number of thiophene rings is 1. The minimum absolute atomic E-state index is 0.295. The average molecular weight is 265 g/mol. The van der Waals surface area contributed by atoms with Gasteiger partial charge < -0.3 is 0 Å². The number of nitrogens with zero attached hydrogens (tertiary/aromatic N) is 1. The first-order valence-electron chi connectivity index (χ1n) is 7.01. The van der Waals surface area contributed by atoms with Gasteiger partial charge in [-0.2, -0.15) is 0 Å². The molecule has 0 N–H and O–H groups in total. The lowest BCUT2D eigenvalue weighted by Crippen LogP contribution is -2.43. The van der Waals surface area contributed by atoms with Gasteiger partial charge in [0, 0.05) is 28.4 Å². The van der Waals surface area contributed by atoms with E-state index in [0.29, 0.717) is 11.0 Å². The second kappa shape index (κ2) is 4.64. The number of hydrogen-bond acceptors (Lipinski definition) is 2. The summed E-state index contributed by atoms with van der Waals surface area (Å²) in [4.78, 5) is 5.81. The molecule has 18 heavy (non-hydrogen) atoms. The molecule has 0 radical (unpaired) electrons. The molecule has 1 aromatic heterocycles. The van der Waals surface area contributed by atoms with Gasteiger partial charge in [-0.3, -0.25) is 4.90 Å². The SMILES string of the molecule is CC(C)(C)Cc1cc2c(s1)CCN(C(C)(C)C)C2. The van der Waals surface area contributed by atoms with Crippen molar-refractivity contribution in [2.24, 2.45) is 5.41 Å². The molecule has 1 aliphatic rings. The second-order valence-electron chi connectivity index (χ2n) is 7.74. The van der Waals surface area contributed by atoms with E-state index in [4.69, 9.17) is 0 Å². The molecule has 102 valence electrons. The van der Waals surface area contributed by atoms with Gasteiger partial charge >= 0.3 is 0 Å². The standard InChI is InChI=1S/C16H27NS/c1-15(2,3)10-13-9-12-11-17(16(4,5)6)8-7-14(12)18-13/h9H,7-8,10-11H2,1-6H3. The van der Waals surface area contributed by atoms with E-state index in [1.54, 1.807) is 15.3 Å². The molecule has 0 saturated heterocycles. The Balaban J connectivity index is 2.14. The Morgan fingerprint density at radius 2 is 1.83 bits per heavy atom. The van der Waals surface area contributed by atoms with Crippen LogP contribution in [0.25, 0.3) is 0 Å². The fourth-order valence-corrected chi connectivity index (χ4v) is 4.05. The maximum Gasteiger partial charge on any atom is 0.0250 e. The van der Waals surface area contributed by atoms with Gasteiger partial charge in [0.2, 0.25) is 0 Å². The first-order chi connectivity index (χ1) is 8.15. The third kappa shape index (κ3) is 3.36. The van der Waals surface area contributed by atoms with Crippen LogP contribution in [0.2, 0.25) is 0 Å². The van der Waals surface area contributed by atoms with Crippen molar-refractivity contribution in [3.05, 3.63) is 21.4 Å². The number of rotatable bonds is 1. The lowest BCUT2D eigenvalue weighted by atomic mass is 9.91. The van der Waals surface area contributed by atoms with Crippen molar-refractivity contribution in [2.45, 2.75) is 66.5 Å². The molecule has 1 aliphatic heterocycles. The minimum atomic E-state index is 0.295. The Hall–Kier alpha value is -0.340. The molecule has 0 fully saturated rings. The predicted octanol–water partition coefficient (Wildman–Crippen LogP) is 4.49. The molecule has 0 spiro atoms. The van der Waals surface area contributed by atoms with Gasteiger partial charge in [0.05, 0.1) is 0 Å². The van der Waals surface area contributed by atoms with Gasteiger partial charge in [-0.1, -0.05) is 20.8 Å². The largest absolute Gasteiger partial charge is 0.294 e. The van der Waals surface area contributed by atoms with Gasteiger partial charge in [0.25, 0.3) is 0 Å². The third-order valence-corrected chi connectivity index (χ3v) is 4.81. The molecule has 0 amide bonds. The van der Waals surface area contributed by atoms with Crippen molar-refractivity contribution in [3.63, 3.8) is 0 Å². The normalized spacial score (nSPS) is 17.9. The zero-order valence-corrected chi connectivity index (χ0v) is 13.6. The fraction of sp³-hybridized carbons (Fsp3) is 0.750.